The fourth-order valence-corrected chi connectivity index (χ4v) is 4.04. The summed E-state index contributed by atoms with van der Waals surface area (Å²) >= 11 is 0. The Bertz CT molecular complexity index is 1390. The second kappa shape index (κ2) is 10.7. The van der Waals surface area contributed by atoms with Crippen molar-refractivity contribution in [2.24, 2.45) is 0 Å². The molecule has 0 aliphatic carbocycles. The molecule has 4 rings (SSSR count). The van der Waals surface area contributed by atoms with E-state index in [2.05, 4.69) is 42.1 Å². The van der Waals surface area contributed by atoms with Crippen LogP contribution in [0.4, 0.5) is 0 Å². The molecule has 0 bridgehead atoms. The third kappa shape index (κ3) is 6.47. The minimum atomic E-state index is -1.08. The second-order valence-corrected chi connectivity index (χ2v) is 10.3. The largest absolute Gasteiger partial charge is 0.480 e. The lowest BCUT2D eigenvalue weighted by Crippen LogP contribution is -2.42. The molecule has 6 heteroatoms. The number of amides is 1. The quantitative estimate of drug-likeness (QED) is 0.337. The van der Waals surface area contributed by atoms with E-state index in [1.807, 2.05) is 61.5 Å². The molecule has 4 aromatic rings. The molecule has 1 atom stereocenters. The smallest absolute Gasteiger partial charge is 0.326 e. The number of aliphatic carboxylic acids is 1. The van der Waals surface area contributed by atoms with Crippen LogP contribution < -0.4 is 5.32 Å². The average Bonchev–Trinajstić information content (AvgIpc) is 2.88. The molecule has 6 nitrogen and oxygen atoms in total. The number of aryl methyl sites for hydroxylation is 1. The maximum atomic E-state index is 12.7. The van der Waals surface area contributed by atoms with Gasteiger partial charge in [-0.3, -0.25) is 4.79 Å². The van der Waals surface area contributed by atoms with Crippen LogP contribution in [0.25, 0.3) is 22.5 Å². The van der Waals surface area contributed by atoms with Crippen molar-refractivity contribution in [3.05, 3.63) is 107 Å². The molecule has 0 spiro atoms. The van der Waals surface area contributed by atoms with Crippen LogP contribution in [0.2, 0.25) is 0 Å². The molecule has 1 unspecified atom stereocenters. The first-order valence-electron chi connectivity index (χ1n) is 12.2. The summed E-state index contributed by atoms with van der Waals surface area (Å²) in [7, 11) is 0. The van der Waals surface area contributed by atoms with E-state index in [1.165, 1.54) is 5.56 Å². The fourth-order valence-electron chi connectivity index (χ4n) is 4.04. The van der Waals surface area contributed by atoms with Crippen LogP contribution in [-0.2, 0) is 16.6 Å². The van der Waals surface area contributed by atoms with E-state index in [9.17, 15) is 14.7 Å². The van der Waals surface area contributed by atoms with Crippen LogP contribution in [0.1, 0.15) is 47.8 Å². The minimum absolute atomic E-state index is 0.0289. The van der Waals surface area contributed by atoms with Gasteiger partial charge in [0.15, 0.2) is 5.82 Å². The molecule has 3 aromatic carbocycles. The molecule has 1 aromatic heterocycles. The predicted molar refractivity (Wildman–Crippen MR) is 145 cm³/mol. The first kappa shape index (κ1) is 25.8. The molecule has 1 amide bonds. The highest BCUT2D eigenvalue weighted by Crippen LogP contribution is 2.23. The second-order valence-electron chi connectivity index (χ2n) is 10.3. The lowest BCUT2D eigenvalue weighted by atomic mass is 9.86. The van der Waals surface area contributed by atoms with E-state index in [0.717, 1.165) is 27.8 Å². The zero-order valence-corrected chi connectivity index (χ0v) is 21.5. The van der Waals surface area contributed by atoms with Gasteiger partial charge in [0.2, 0.25) is 0 Å². The van der Waals surface area contributed by atoms with Crippen molar-refractivity contribution in [1.82, 2.24) is 15.3 Å². The topological polar surface area (TPSA) is 92.2 Å². The van der Waals surface area contributed by atoms with E-state index in [-0.39, 0.29) is 11.8 Å². The maximum Gasteiger partial charge on any atom is 0.326 e. The highest BCUT2D eigenvalue weighted by Gasteiger charge is 2.22. The first-order chi connectivity index (χ1) is 17.6. The van der Waals surface area contributed by atoms with Crippen LogP contribution in [0, 0.1) is 6.92 Å². The number of hydrogen-bond donors (Lipinski definition) is 2. The molecule has 0 aliphatic rings. The maximum absolute atomic E-state index is 12.7. The molecular weight excluding hydrogens is 462 g/mol. The summed E-state index contributed by atoms with van der Waals surface area (Å²) in [5.41, 5.74) is 6.30. The molecule has 0 aliphatic heterocycles. The fraction of sp³-hybridized carbons (Fsp3) is 0.226. The SMILES string of the molecule is Cc1cccc(-c2cnc(-c3ccc(CC(NC(=O)c4ccc(C(C)(C)C)cc4)C(=O)O)cc3)nc2)c1. The number of carbonyl (C=O) groups is 2. The number of aromatic nitrogens is 2. The van der Waals surface area contributed by atoms with E-state index in [0.29, 0.717) is 11.4 Å². The molecule has 37 heavy (non-hydrogen) atoms. The molecule has 1 heterocycles. The van der Waals surface area contributed by atoms with Crippen molar-refractivity contribution in [2.45, 2.75) is 45.6 Å². The van der Waals surface area contributed by atoms with Crippen molar-refractivity contribution in [2.75, 3.05) is 0 Å². The van der Waals surface area contributed by atoms with Crippen LogP contribution >= 0.6 is 0 Å². The van der Waals surface area contributed by atoms with E-state index in [1.54, 1.807) is 24.5 Å². The summed E-state index contributed by atoms with van der Waals surface area (Å²) in [5.74, 6) is -0.907. The van der Waals surface area contributed by atoms with Crippen LogP contribution in [0.5, 0.6) is 0 Å². The highest BCUT2D eigenvalue weighted by molar-refractivity contribution is 5.96. The molecule has 0 saturated carbocycles. The average molecular weight is 494 g/mol. The Morgan fingerprint density at radius 1 is 0.865 bits per heavy atom. The number of hydrogen-bond acceptors (Lipinski definition) is 4. The normalized spacial score (nSPS) is 12.1. The van der Waals surface area contributed by atoms with Gasteiger partial charge < -0.3 is 10.4 Å². The van der Waals surface area contributed by atoms with Crippen molar-refractivity contribution >= 4 is 11.9 Å². The van der Waals surface area contributed by atoms with Crippen molar-refractivity contribution in [3.63, 3.8) is 0 Å². The van der Waals surface area contributed by atoms with Crippen molar-refractivity contribution in [1.29, 1.82) is 0 Å². The summed E-state index contributed by atoms with van der Waals surface area (Å²) < 4.78 is 0. The zero-order valence-electron chi connectivity index (χ0n) is 21.5. The Kier molecular flexibility index (Phi) is 7.48. The zero-order chi connectivity index (χ0) is 26.6. The Labute approximate surface area is 217 Å². The minimum Gasteiger partial charge on any atom is -0.480 e. The number of rotatable bonds is 7. The number of carboxylic acid groups (broad SMARTS) is 1. The lowest BCUT2D eigenvalue weighted by molar-refractivity contribution is -0.139. The van der Waals surface area contributed by atoms with Gasteiger partial charge >= 0.3 is 5.97 Å². The van der Waals surface area contributed by atoms with Crippen LogP contribution in [0.3, 0.4) is 0 Å². The Balaban J connectivity index is 1.42. The molecule has 0 saturated heterocycles. The summed E-state index contributed by atoms with van der Waals surface area (Å²) in [4.78, 5) is 33.6. The lowest BCUT2D eigenvalue weighted by Gasteiger charge is -2.19. The summed E-state index contributed by atoms with van der Waals surface area (Å²) in [6.45, 7) is 8.34. The predicted octanol–water partition coefficient (Wildman–Crippen LogP) is 5.84. The first-order valence-corrected chi connectivity index (χ1v) is 12.2. The molecule has 0 fully saturated rings. The summed E-state index contributed by atoms with van der Waals surface area (Å²) in [5, 5.41) is 12.4. The van der Waals surface area contributed by atoms with Crippen molar-refractivity contribution in [3.8, 4) is 22.5 Å². The number of carbonyl (C=O) groups excluding carboxylic acids is 1. The third-order valence-corrected chi connectivity index (χ3v) is 6.27. The number of benzene rings is 3. The van der Waals surface area contributed by atoms with E-state index >= 15 is 0 Å². The molecule has 2 N–H and O–H groups in total. The summed E-state index contributed by atoms with van der Waals surface area (Å²) in [6.07, 6.45) is 3.76. The monoisotopic (exact) mass is 493 g/mol. The van der Waals surface area contributed by atoms with Gasteiger partial charge in [0.25, 0.3) is 5.91 Å². The number of nitrogens with zero attached hydrogens (tertiary/aromatic N) is 2. The molecular formula is C31H31N3O3. The number of carboxylic acids is 1. The molecule has 188 valence electrons. The van der Waals surface area contributed by atoms with Gasteiger partial charge in [0.05, 0.1) is 0 Å². The Morgan fingerprint density at radius 2 is 1.51 bits per heavy atom. The van der Waals surface area contributed by atoms with Gasteiger partial charge in [-0.1, -0.05) is 87.0 Å². The third-order valence-electron chi connectivity index (χ3n) is 6.27. The van der Waals surface area contributed by atoms with Gasteiger partial charge in [-0.05, 0) is 41.2 Å². The van der Waals surface area contributed by atoms with E-state index in [4.69, 9.17) is 0 Å². The van der Waals surface area contributed by atoms with Gasteiger partial charge in [-0.2, -0.15) is 0 Å². The van der Waals surface area contributed by atoms with Gasteiger partial charge in [0, 0.05) is 35.5 Å². The van der Waals surface area contributed by atoms with Gasteiger partial charge in [-0.15, -0.1) is 0 Å². The van der Waals surface area contributed by atoms with Crippen LogP contribution in [0.15, 0.2) is 85.2 Å². The molecule has 0 radical (unpaired) electrons. The highest BCUT2D eigenvalue weighted by atomic mass is 16.4. The number of nitrogens with one attached hydrogen (secondary N) is 1. The standard InChI is InChI=1S/C31H31N3O3/c1-20-6-5-7-24(16-20)25-18-32-28(33-19-25)22-10-8-21(9-11-22)17-27(30(36)37)34-29(35)23-12-14-26(15-13-23)31(2,3)4/h5-16,18-19,27H,17H2,1-4H3,(H,34,35)(H,36,37). The van der Waals surface area contributed by atoms with Crippen LogP contribution in [-0.4, -0.2) is 33.0 Å². The van der Waals surface area contributed by atoms with E-state index < -0.39 is 17.9 Å². The Hall–Kier alpha value is -4.32. The Morgan fingerprint density at radius 3 is 2.08 bits per heavy atom. The van der Waals surface area contributed by atoms with Gasteiger partial charge in [0.1, 0.15) is 6.04 Å². The van der Waals surface area contributed by atoms with Gasteiger partial charge in [-0.25, -0.2) is 14.8 Å². The van der Waals surface area contributed by atoms with Crippen molar-refractivity contribution < 1.29 is 14.7 Å². The summed E-state index contributed by atoms with van der Waals surface area (Å²) in [6, 6.07) is 21.8.